The molecule has 0 aromatic heterocycles. The summed E-state index contributed by atoms with van der Waals surface area (Å²) >= 11 is 0. The summed E-state index contributed by atoms with van der Waals surface area (Å²) in [4.78, 5) is 22.2. The largest absolute Gasteiger partial charge is 0.479 e. The van der Waals surface area contributed by atoms with E-state index in [0.29, 0.717) is 11.0 Å². The van der Waals surface area contributed by atoms with Crippen LogP contribution in [0.4, 0.5) is 5.69 Å². The van der Waals surface area contributed by atoms with E-state index >= 15 is 0 Å². The number of rotatable bonds is 9. The molecule has 0 radical (unpaired) electrons. The Kier molecular flexibility index (Phi) is 7.71. The number of unbranched alkanes of at least 4 members (excludes halogenated alkanes) is 1. The Morgan fingerprint density at radius 2 is 1.79 bits per heavy atom. The molecule has 0 heterocycles. The maximum absolute atomic E-state index is 11.7. The zero-order chi connectivity index (χ0) is 18.2. The third-order valence-corrected chi connectivity index (χ3v) is 3.46. The number of carbonyl (C=O) groups excluding carboxylic acids is 1. The van der Waals surface area contributed by atoms with Gasteiger partial charge in [-0.2, -0.15) is 0 Å². The SMILES string of the molecule is CC(C)(C)CCCCNc1ccc(C(=O)OCC(O)C(=O)O)cc1. The van der Waals surface area contributed by atoms with Crippen LogP contribution in [-0.2, 0) is 9.53 Å². The van der Waals surface area contributed by atoms with E-state index in [9.17, 15) is 9.59 Å². The minimum absolute atomic E-state index is 0.311. The zero-order valence-corrected chi connectivity index (χ0v) is 14.5. The molecule has 6 nitrogen and oxygen atoms in total. The topological polar surface area (TPSA) is 95.9 Å². The molecule has 0 bridgehead atoms. The first kappa shape index (κ1) is 20.0. The Morgan fingerprint density at radius 1 is 1.17 bits per heavy atom. The first-order chi connectivity index (χ1) is 11.2. The highest BCUT2D eigenvalue weighted by atomic mass is 16.5. The van der Waals surface area contributed by atoms with Crippen LogP contribution in [0.1, 0.15) is 50.4 Å². The predicted octanol–water partition coefficient (Wildman–Crippen LogP) is 2.92. The van der Waals surface area contributed by atoms with Gasteiger partial charge in [0.25, 0.3) is 0 Å². The van der Waals surface area contributed by atoms with Gasteiger partial charge < -0.3 is 20.3 Å². The number of aliphatic carboxylic acids is 1. The Labute approximate surface area is 142 Å². The van der Waals surface area contributed by atoms with Gasteiger partial charge in [-0.15, -0.1) is 0 Å². The molecule has 0 aliphatic carbocycles. The summed E-state index contributed by atoms with van der Waals surface area (Å²) in [5, 5.41) is 20.9. The van der Waals surface area contributed by atoms with Gasteiger partial charge >= 0.3 is 11.9 Å². The summed E-state index contributed by atoms with van der Waals surface area (Å²) in [7, 11) is 0. The molecule has 1 rings (SSSR count). The number of hydrogen-bond donors (Lipinski definition) is 3. The normalized spacial score (nSPS) is 12.5. The monoisotopic (exact) mass is 337 g/mol. The number of carboxylic acids is 1. The molecule has 1 aromatic carbocycles. The minimum Gasteiger partial charge on any atom is -0.479 e. The van der Waals surface area contributed by atoms with Gasteiger partial charge in [0.1, 0.15) is 6.61 Å². The Bertz CT molecular complexity index is 533. The fourth-order valence-corrected chi connectivity index (χ4v) is 2.05. The van der Waals surface area contributed by atoms with Gasteiger partial charge in [-0.05, 0) is 42.5 Å². The minimum atomic E-state index is -1.71. The van der Waals surface area contributed by atoms with Gasteiger partial charge in [-0.1, -0.05) is 27.2 Å². The maximum Gasteiger partial charge on any atom is 0.338 e. The highest BCUT2D eigenvalue weighted by Gasteiger charge is 2.16. The van der Waals surface area contributed by atoms with Gasteiger partial charge in [0.2, 0.25) is 0 Å². The van der Waals surface area contributed by atoms with Gasteiger partial charge in [-0.25, -0.2) is 9.59 Å². The summed E-state index contributed by atoms with van der Waals surface area (Å²) in [5.74, 6) is -2.08. The van der Waals surface area contributed by atoms with E-state index in [1.807, 2.05) is 0 Å². The van der Waals surface area contributed by atoms with Crippen LogP contribution >= 0.6 is 0 Å². The molecule has 0 saturated heterocycles. The highest BCUT2D eigenvalue weighted by molar-refractivity contribution is 5.90. The predicted molar refractivity (Wildman–Crippen MR) is 92.2 cm³/mol. The van der Waals surface area contributed by atoms with Crippen molar-refractivity contribution in [2.24, 2.45) is 5.41 Å². The van der Waals surface area contributed by atoms with Crippen LogP contribution < -0.4 is 5.32 Å². The number of aliphatic hydroxyl groups is 1. The third-order valence-electron chi connectivity index (χ3n) is 3.46. The summed E-state index contributed by atoms with van der Waals surface area (Å²) in [6, 6.07) is 6.75. The number of carboxylic acid groups (broad SMARTS) is 1. The molecular formula is C18H27NO5. The molecule has 134 valence electrons. The van der Waals surface area contributed by atoms with E-state index in [4.69, 9.17) is 14.9 Å². The Morgan fingerprint density at radius 3 is 2.33 bits per heavy atom. The number of carbonyl (C=O) groups is 2. The molecule has 0 saturated carbocycles. The second-order valence-corrected chi connectivity index (χ2v) is 6.97. The van der Waals surface area contributed by atoms with Crippen LogP contribution in [0.3, 0.4) is 0 Å². The number of anilines is 1. The van der Waals surface area contributed by atoms with Crippen molar-refractivity contribution in [3.05, 3.63) is 29.8 Å². The summed E-state index contributed by atoms with van der Waals surface area (Å²) < 4.78 is 4.75. The third kappa shape index (κ3) is 7.97. The van der Waals surface area contributed by atoms with Gasteiger partial charge in [0, 0.05) is 12.2 Å². The average Bonchev–Trinajstić information content (AvgIpc) is 2.51. The van der Waals surface area contributed by atoms with Crippen molar-refractivity contribution in [2.75, 3.05) is 18.5 Å². The second kappa shape index (κ2) is 9.27. The maximum atomic E-state index is 11.7. The second-order valence-electron chi connectivity index (χ2n) is 6.97. The fraction of sp³-hybridized carbons (Fsp3) is 0.556. The summed E-state index contributed by atoms with van der Waals surface area (Å²) in [5.41, 5.74) is 1.58. The van der Waals surface area contributed by atoms with Crippen LogP contribution in [0.15, 0.2) is 24.3 Å². The van der Waals surface area contributed by atoms with E-state index in [-0.39, 0.29) is 0 Å². The van der Waals surface area contributed by atoms with E-state index in [2.05, 4.69) is 26.1 Å². The number of esters is 1. The van der Waals surface area contributed by atoms with Crippen molar-refractivity contribution in [1.82, 2.24) is 0 Å². The van der Waals surface area contributed by atoms with Crippen molar-refractivity contribution in [1.29, 1.82) is 0 Å². The smallest absolute Gasteiger partial charge is 0.338 e. The first-order valence-corrected chi connectivity index (χ1v) is 8.11. The molecule has 1 aromatic rings. The number of nitrogens with one attached hydrogen (secondary N) is 1. The van der Waals surface area contributed by atoms with Crippen molar-refractivity contribution in [3.8, 4) is 0 Å². The van der Waals surface area contributed by atoms with Crippen molar-refractivity contribution >= 4 is 17.6 Å². The number of aliphatic hydroxyl groups excluding tert-OH is 1. The van der Waals surface area contributed by atoms with Crippen LogP contribution in [-0.4, -0.2) is 41.4 Å². The molecule has 0 spiro atoms. The number of hydrogen-bond acceptors (Lipinski definition) is 5. The molecule has 0 aliphatic rings. The molecule has 0 amide bonds. The van der Waals surface area contributed by atoms with E-state index < -0.39 is 24.6 Å². The van der Waals surface area contributed by atoms with Gasteiger partial charge in [0.05, 0.1) is 5.56 Å². The fourth-order valence-electron chi connectivity index (χ4n) is 2.05. The molecule has 3 N–H and O–H groups in total. The van der Waals surface area contributed by atoms with Crippen LogP contribution in [0.25, 0.3) is 0 Å². The molecule has 1 unspecified atom stereocenters. The van der Waals surface area contributed by atoms with Gasteiger partial charge in [0.15, 0.2) is 6.10 Å². The molecule has 24 heavy (non-hydrogen) atoms. The highest BCUT2D eigenvalue weighted by Crippen LogP contribution is 2.21. The van der Waals surface area contributed by atoms with Crippen molar-refractivity contribution in [3.63, 3.8) is 0 Å². The van der Waals surface area contributed by atoms with Crippen LogP contribution in [0.2, 0.25) is 0 Å². The van der Waals surface area contributed by atoms with E-state index in [1.165, 1.54) is 6.42 Å². The van der Waals surface area contributed by atoms with Crippen LogP contribution in [0, 0.1) is 5.41 Å². The van der Waals surface area contributed by atoms with Crippen molar-refractivity contribution < 1.29 is 24.5 Å². The van der Waals surface area contributed by atoms with E-state index in [0.717, 1.165) is 25.1 Å². The summed E-state index contributed by atoms with van der Waals surface area (Å²) in [6.45, 7) is 6.99. The first-order valence-electron chi connectivity index (χ1n) is 8.11. The summed E-state index contributed by atoms with van der Waals surface area (Å²) in [6.07, 6.45) is 1.71. The quantitative estimate of drug-likeness (QED) is 0.474. The molecular weight excluding hydrogens is 310 g/mol. The van der Waals surface area contributed by atoms with Gasteiger partial charge in [-0.3, -0.25) is 0 Å². The van der Waals surface area contributed by atoms with E-state index in [1.54, 1.807) is 24.3 Å². The lowest BCUT2D eigenvalue weighted by molar-refractivity contribution is -0.148. The zero-order valence-electron chi connectivity index (χ0n) is 14.5. The lowest BCUT2D eigenvalue weighted by atomic mass is 9.90. The molecule has 0 aliphatic heterocycles. The Hall–Kier alpha value is -2.08. The van der Waals surface area contributed by atoms with Crippen LogP contribution in [0.5, 0.6) is 0 Å². The Balaban J connectivity index is 2.34. The molecule has 0 fully saturated rings. The number of benzene rings is 1. The average molecular weight is 337 g/mol. The van der Waals surface area contributed by atoms with Crippen molar-refractivity contribution in [2.45, 2.75) is 46.1 Å². The lowest BCUT2D eigenvalue weighted by Crippen LogP contribution is -2.26. The molecule has 1 atom stereocenters. The lowest BCUT2D eigenvalue weighted by Gasteiger charge is -2.17. The standard InChI is InChI=1S/C18H27NO5/c1-18(2,3)10-4-5-11-19-14-8-6-13(7-9-14)17(23)24-12-15(20)16(21)22/h6-9,15,19-20H,4-5,10-12H2,1-3H3,(H,21,22). The number of ether oxygens (including phenoxy) is 1. The molecule has 6 heteroatoms.